The molecule has 0 amide bonds. The Morgan fingerprint density at radius 1 is 0.500 bits per heavy atom. The molecule has 0 aliphatic heterocycles. The van der Waals surface area contributed by atoms with Crippen molar-refractivity contribution in [1.29, 1.82) is 5.26 Å². The lowest BCUT2D eigenvalue weighted by Gasteiger charge is -2.13. The second-order valence-electron chi connectivity index (χ2n) is 12.8. The summed E-state index contributed by atoms with van der Waals surface area (Å²) < 4.78 is 16.7. The zero-order valence-corrected chi connectivity index (χ0v) is 30.2. The zero-order valence-electron chi connectivity index (χ0n) is 30.2. The van der Waals surface area contributed by atoms with E-state index in [1.807, 2.05) is 12.1 Å². The maximum absolute atomic E-state index is 13.4. The number of carbonyl (C=O) groups is 3. The first-order valence-electron chi connectivity index (χ1n) is 18.6. The van der Waals surface area contributed by atoms with Gasteiger partial charge in [0, 0.05) is 5.57 Å². The monoisotopic (exact) mass is 699 g/mol. The Hall–Kier alpha value is -5.48. The Morgan fingerprint density at radius 2 is 0.885 bits per heavy atom. The van der Waals surface area contributed by atoms with Gasteiger partial charge in [0.15, 0.2) is 0 Å². The van der Waals surface area contributed by atoms with Gasteiger partial charge in [-0.2, -0.15) is 5.26 Å². The van der Waals surface area contributed by atoms with Crippen molar-refractivity contribution in [3.05, 3.63) is 137 Å². The van der Waals surface area contributed by atoms with Crippen molar-refractivity contribution in [3.63, 3.8) is 0 Å². The molecule has 0 saturated heterocycles. The molecule has 0 radical (unpaired) electrons. The third-order valence-corrected chi connectivity index (χ3v) is 8.77. The molecular formula is C45H49NO6. The Labute approximate surface area is 308 Å². The molecule has 0 aromatic heterocycles. The largest absolute Gasteiger partial charge is 0.462 e. The molecule has 52 heavy (non-hydrogen) atoms. The number of unbranched alkanes of at least 4 members (excludes halogenated alkanes) is 12. The number of nitriles is 1. The zero-order chi connectivity index (χ0) is 36.8. The molecule has 4 aromatic rings. The van der Waals surface area contributed by atoms with Crippen LogP contribution in [0.25, 0.3) is 5.57 Å². The van der Waals surface area contributed by atoms with E-state index in [9.17, 15) is 19.6 Å². The predicted octanol–water partition coefficient (Wildman–Crippen LogP) is 11.1. The highest BCUT2D eigenvalue weighted by molar-refractivity contribution is 6.05. The van der Waals surface area contributed by atoms with E-state index in [4.69, 9.17) is 14.2 Å². The number of carbonyl (C=O) groups excluding carboxylic acids is 3. The number of hydrogen-bond donors (Lipinski definition) is 0. The van der Waals surface area contributed by atoms with E-state index in [1.54, 1.807) is 97.1 Å². The molecule has 270 valence electrons. The van der Waals surface area contributed by atoms with Crippen LogP contribution in [0.2, 0.25) is 0 Å². The quantitative estimate of drug-likeness (QED) is 0.0280. The van der Waals surface area contributed by atoms with Crippen LogP contribution in [0.4, 0.5) is 0 Å². The Kier molecular flexibility index (Phi) is 16.9. The molecule has 0 heterocycles. The molecule has 0 saturated carbocycles. The van der Waals surface area contributed by atoms with Crippen LogP contribution in [0.5, 0.6) is 11.5 Å². The lowest BCUT2D eigenvalue weighted by atomic mass is 9.93. The van der Waals surface area contributed by atoms with Crippen LogP contribution >= 0.6 is 0 Å². The Morgan fingerprint density at radius 3 is 1.27 bits per heavy atom. The highest BCUT2D eigenvalue weighted by atomic mass is 16.5. The molecule has 0 aliphatic carbocycles. The second-order valence-corrected chi connectivity index (χ2v) is 12.8. The number of benzene rings is 4. The minimum absolute atomic E-state index is 0.155. The van der Waals surface area contributed by atoms with Crippen molar-refractivity contribution < 1.29 is 28.6 Å². The fourth-order valence-corrected chi connectivity index (χ4v) is 5.88. The van der Waals surface area contributed by atoms with E-state index in [1.165, 1.54) is 64.2 Å². The van der Waals surface area contributed by atoms with Gasteiger partial charge < -0.3 is 14.2 Å². The van der Waals surface area contributed by atoms with Crippen LogP contribution in [0.15, 0.2) is 115 Å². The molecule has 7 heteroatoms. The maximum Gasteiger partial charge on any atom is 0.349 e. The Bertz CT molecular complexity index is 1660. The van der Waals surface area contributed by atoms with Gasteiger partial charge in [-0.1, -0.05) is 145 Å². The van der Waals surface area contributed by atoms with E-state index >= 15 is 0 Å². The highest BCUT2D eigenvalue weighted by Gasteiger charge is 2.21. The molecule has 7 nitrogen and oxygen atoms in total. The van der Waals surface area contributed by atoms with Crippen LogP contribution in [0.1, 0.15) is 122 Å². The molecule has 0 unspecified atom stereocenters. The van der Waals surface area contributed by atoms with E-state index in [0.29, 0.717) is 39.3 Å². The number of hydrogen-bond acceptors (Lipinski definition) is 7. The topological polar surface area (TPSA) is 103 Å². The van der Waals surface area contributed by atoms with Crippen molar-refractivity contribution >= 4 is 23.5 Å². The third-order valence-electron chi connectivity index (χ3n) is 8.77. The minimum atomic E-state index is -0.712. The van der Waals surface area contributed by atoms with Crippen molar-refractivity contribution in [1.82, 2.24) is 0 Å². The number of ether oxygens (including phenoxy) is 3. The lowest BCUT2D eigenvalue weighted by Crippen LogP contribution is -2.11. The first-order chi connectivity index (χ1) is 25.5. The summed E-state index contributed by atoms with van der Waals surface area (Å²) in [7, 11) is 0. The van der Waals surface area contributed by atoms with Gasteiger partial charge in [-0.3, -0.25) is 0 Å². The molecule has 0 atom stereocenters. The molecule has 0 fully saturated rings. The molecule has 4 rings (SSSR count). The van der Waals surface area contributed by atoms with E-state index < -0.39 is 17.9 Å². The molecule has 0 aliphatic rings. The van der Waals surface area contributed by atoms with E-state index in [0.717, 1.165) is 19.3 Å². The summed E-state index contributed by atoms with van der Waals surface area (Å²) in [6.07, 6.45) is 15.8. The van der Waals surface area contributed by atoms with Gasteiger partial charge in [-0.15, -0.1) is 0 Å². The first kappa shape index (κ1) is 39.3. The second kappa shape index (κ2) is 22.4. The summed E-state index contributed by atoms with van der Waals surface area (Å²) in [4.78, 5) is 38.6. The van der Waals surface area contributed by atoms with E-state index in [2.05, 4.69) is 13.0 Å². The van der Waals surface area contributed by atoms with Gasteiger partial charge in [0.1, 0.15) is 23.1 Å². The summed E-state index contributed by atoms with van der Waals surface area (Å²) in [5.41, 5.74) is 2.11. The highest BCUT2D eigenvalue weighted by Crippen LogP contribution is 2.31. The van der Waals surface area contributed by atoms with Crippen molar-refractivity contribution in [2.45, 2.75) is 90.4 Å². The number of nitrogens with zero attached hydrogens (tertiary/aromatic N) is 1. The number of esters is 3. The summed E-state index contributed by atoms with van der Waals surface area (Å²) in [6.45, 7) is 2.47. The van der Waals surface area contributed by atoms with Gasteiger partial charge in [0.2, 0.25) is 0 Å². The van der Waals surface area contributed by atoms with Gasteiger partial charge >= 0.3 is 17.9 Å². The SMILES string of the molecule is CCCCCCCCCCCCCCCOC(=O)C(C#N)=C(c1ccc(OC(=O)c2ccccc2)cc1)c1ccc(OC(=O)c2ccccc2)cc1. The van der Waals surface area contributed by atoms with Crippen LogP contribution in [0.3, 0.4) is 0 Å². The third kappa shape index (κ3) is 13.0. The van der Waals surface area contributed by atoms with Gasteiger partial charge in [-0.05, 0) is 66.1 Å². The van der Waals surface area contributed by atoms with Gasteiger partial charge in [0.05, 0.1) is 17.7 Å². The summed E-state index contributed by atoms with van der Waals surface area (Å²) >= 11 is 0. The molecule has 0 spiro atoms. The number of rotatable bonds is 21. The molecule has 4 aromatic carbocycles. The van der Waals surface area contributed by atoms with Gasteiger partial charge in [0.25, 0.3) is 0 Å². The van der Waals surface area contributed by atoms with Gasteiger partial charge in [-0.25, -0.2) is 14.4 Å². The van der Waals surface area contributed by atoms with E-state index in [-0.39, 0.29) is 12.2 Å². The lowest BCUT2D eigenvalue weighted by molar-refractivity contribution is -0.138. The fourth-order valence-electron chi connectivity index (χ4n) is 5.88. The maximum atomic E-state index is 13.4. The summed E-state index contributed by atoms with van der Waals surface area (Å²) in [5.74, 6) is -1.10. The van der Waals surface area contributed by atoms with Crippen LogP contribution in [-0.4, -0.2) is 24.5 Å². The van der Waals surface area contributed by atoms with Crippen molar-refractivity contribution in [2.75, 3.05) is 6.61 Å². The molecule has 0 N–H and O–H groups in total. The minimum Gasteiger partial charge on any atom is -0.462 e. The summed E-state index contributed by atoms with van der Waals surface area (Å²) in [6, 6.07) is 32.6. The molecule has 0 bridgehead atoms. The standard InChI is InChI=1S/C45H49NO6/c1-2-3-4-5-6-7-8-9-10-11-12-13-20-33-50-45(49)41(34-46)42(35-25-29-39(30-26-35)51-43(47)37-21-16-14-17-22-37)36-27-31-40(32-28-36)52-44(48)38-23-18-15-19-24-38/h14-19,21-32H,2-13,20,33H2,1H3. The van der Waals surface area contributed by atoms with Crippen LogP contribution in [0, 0.1) is 11.3 Å². The Balaban J connectivity index is 1.40. The first-order valence-corrected chi connectivity index (χ1v) is 18.6. The van der Waals surface area contributed by atoms with Crippen molar-refractivity contribution in [3.8, 4) is 17.6 Å². The smallest absolute Gasteiger partial charge is 0.349 e. The predicted molar refractivity (Wildman–Crippen MR) is 204 cm³/mol. The van der Waals surface area contributed by atoms with Crippen LogP contribution < -0.4 is 9.47 Å². The molecular weight excluding hydrogens is 650 g/mol. The van der Waals surface area contributed by atoms with Crippen LogP contribution in [-0.2, 0) is 9.53 Å². The van der Waals surface area contributed by atoms with Crippen molar-refractivity contribution in [2.24, 2.45) is 0 Å². The average Bonchev–Trinajstić information content (AvgIpc) is 3.18. The summed E-state index contributed by atoms with van der Waals surface area (Å²) in [5, 5.41) is 10.3. The average molecular weight is 700 g/mol. The fraction of sp³-hybridized carbons (Fsp3) is 0.333. The normalized spacial score (nSPS) is 10.5.